The molecule has 0 saturated heterocycles. The largest absolute Gasteiger partial charge is 0.313 e. The first-order valence-electron chi connectivity index (χ1n) is 6.62. The van der Waals surface area contributed by atoms with Crippen molar-refractivity contribution in [3.8, 4) is 0 Å². The van der Waals surface area contributed by atoms with E-state index in [0.717, 1.165) is 24.0 Å². The topological polar surface area (TPSA) is 12.0 Å². The second-order valence-corrected chi connectivity index (χ2v) is 4.72. The molecule has 1 aromatic rings. The van der Waals surface area contributed by atoms with Crippen molar-refractivity contribution < 1.29 is 4.39 Å². The SMILES string of the molecule is CCCCCCC(NC)c1cc(C)ccc1F. The number of rotatable bonds is 7. The highest BCUT2D eigenvalue weighted by atomic mass is 19.1. The van der Waals surface area contributed by atoms with E-state index in [0.29, 0.717) is 0 Å². The Hall–Kier alpha value is -0.890. The number of benzene rings is 1. The van der Waals surface area contributed by atoms with Gasteiger partial charge >= 0.3 is 0 Å². The summed E-state index contributed by atoms with van der Waals surface area (Å²) in [6, 6.07) is 5.49. The summed E-state index contributed by atoms with van der Waals surface area (Å²) >= 11 is 0. The first-order valence-corrected chi connectivity index (χ1v) is 6.62. The minimum atomic E-state index is -0.0922. The van der Waals surface area contributed by atoms with Crippen molar-refractivity contribution in [2.45, 2.75) is 52.0 Å². The summed E-state index contributed by atoms with van der Waals surface area (Å²) in [5, 5.41) is 3.22. The maximum atomic E-state index is 13.7. The van der Waals surface area contributed by atoms with E-state index in [9.17, 15) is 4.39 Å². The molecule has 0 aliphatic carbocycles. The van der Waals surface area contributed by atoms with Crippen LogP contribution in [0.1, 0.15) is 56.2 Å². The number of halogens is 1. The monoisotopic (exact) mass is 237 g/mol. The lowest BCUT2D eigenvalue weighted by molar-refractivity contribution is 0.480. The van der Waals surface area contributed by atoms with Gasteiger partial charge in [-0.1, -0.05) is 50.3 Å². The van der Waals surface area contributed by atoms with Gasteiger partial charge in [0.25, 0.3) is 0 Å². The maximum Gasteiger partial charge on any atom is 0.127 e. The summed E-state index contributed by atoms with van der Waals surface area (Å²) in [6.07, 6.45) is 5.92. The van der Waals surface area contributed by atoms with Crippen molar-refractivity contribution >= 4 is 0 Å². The number of unbranched alkanes of at least 4 members (excludes halogenated alkanes) is 3. The quantitative estimate of drug-likeness (QED) is 0.695. The minimum absolute atomic E-state index is 0.0922. The lowest BCUT2D eigenvalue weighted by Crippen LogP contribution is -2.17. The molecule has 0 aromatic heterocycles. The zero-order chi connectivity index (χ0) is 12.7. The van der Waals surface area contributed by atoms with Crippen LogP contribution in [0.3, 0.4) is 0 Å². The van der Waals surface area contributed by atoms with Crippen LogP contribution in [-0.4, -0.2) is 7.05 Å². The van der Waals surface area contributed by atoms with Crippen LogP contribution in [0.25, 0.3) is 0 Å². The Kier molecular flexibility index (Phi) is 6.20. The average molecular weight is 237 g/mol. The highest BCUT2D eigenvalue weighted by molar-refractivity contribution is 5.26. The highest BCUT2D eigenvalue weighted by Gasteiger charge is 2.13. The molecule has 1 rings (SSSR count). The third kappa shape index (κ3) is 4.47. The predicted molar refractivity (Wildman–Crippen MR) is 71.7 cm³/mol. The minimum Gasteiger partial charge on any atom is -0.313 e. The first-order chi connectivity index (χ1) is 8.19. The molecule has 1 N–H and O–H groups in total. The van der Waals surface area contributed by atoms with Gasteiger partial charge in [0.05, 0.1) is 0 Å². The van der Waals surface area contributed by atoms with Gasteiger partial charge in [0.2, 0.25) is 0 Å². The Bertz CT molecular complexity index is 336. The van der Waals surface area contributed by atoms with Crippen LogP contribution >= 0.6 is 0 Å². The van der Waals surface area contributed by atoms with Crippen LogP contribution in [0.2, 0.25) is 0 Å². The van der Waals surface area contributed by atoms with Crippen molar-refractivity contribution in [3.63, 3.8) is 0 Å². The average Bonchev–Trinajstić information content (AvgIpc) is 2.33. The van der Waals surface area contributed by atoms with Crippen molar-refractivity contribution in [3.05, 3.63) is 35.1 Å². The van der Waals surface area contributed by atoms with E-state index in [2.05, 4.69) is 12.2 Å². The summed E-state index contributed by atoms with van der Waals surface area (Å²) in [5.74, 6) is -0.0922. The molecule has 0 heterocycles. The molecule has 0 spiro atoms. The predicted octanol–water partition coefficient (Wildman–Crippen LogP) is 4.37. The fourth-order valence-corrected chi connectivity index (χ4v) is 2.16. The standard InChI is InChI=1S/C15H24FN/c1-4-5-6-7-8-15(17-3)13-11-12(2)9-10-14(13)16/h9-11,15,17H,4-8H2,1-3H3. The first kappa shape index (κ1) is 14.2. The van der Waals surface area contributed by atoms with E-state index in [-0.39, 0.29) is 11.9 Å². The molecule has 1 aromatic carbocycles. The molecule has 0 saturated carbocycles. The van der Waals surface area contributed by atoms with Crippen LogP contribution in [0.5, 0.6) is 0 Å². The number of aryl methyl sites for hydroxylation is 1. The third-order valence-electron chi connectivity index (χ3n) is 3.22. The summed E-state index contributed by atoms with van der Waals surface area (Å²) < 4.78 is 13.7. The van der Waals surface area contributed by atoms with E-state index in [1.54, 1.807) is 6.07 Å². The maximum absolute atomic E-state index is 13.7. The van der Waals surface area contributed by atoms with E-state index >= 15 is 0 Å². The van der Waals surface area contributed by atoms with Crippen LogP contribution in [0.4, 0.5) is 4.39 Å². The molecule has 1 atom stereocenters. The fraction of sp³-hybridized carbons (Fsp3) is 0.600. The van der Waals surface area contributed by atoms with E-state index < -0.39 is 0 Å². The second kappa shape index (κ2) is 7.44. The Morgan fingerprint density at radius 2 is 2.00 bits per heavy atom. The van der Waals surface area contributed by atoms with Gasteiger partial charge < -0.3 is 5.32 Å². The summed E-state index contributed by atoms with van der Waals surface area (Å²) in [6.45, 7) is 4.21. The Balaban J connectivity index is 2.62. The van der Waals surface area contributed by atoms with Crippen molar-refractivity contribution in [2.24, 2.45) is 0 Å². The molecule has 2 heteroatoms. The molecule has 0 aliphatic rings. The summed E-state index contributed by atoms with van der Waals surface area (Å²) in [7, 11) is 1.91. The molecular formula is C15H24FN. The highest BCUT2D eigenvalue weighted by Crippen LogP contribution is 2.23. The van der Waals surface area contributed by atoms with E-state index in [1.165, 1.54) is 19.3 Å². The second-order valence-electron chi connectivity index (χ2n) is 4.72. The molecule has 17 heavy (non-hydrogen) atoms. The van der Waals surface area contributed by atoms with Gasteiger partial charge in [-0.05, 0) is 26.5 Å². The molecule has 0 aliphatic heterocycles. The zero-order valence-electron chi connectivity index (χ0n) is 11.2. The van der Waals surface area contributed by atoms with Gasteiger partial charge in [-0.3, -0.25) is 0 Å². The van der Waals surface area contributed by atoms with E-state index in [4.69, 9.17) is 0 Å². The Morgan fingerprint density at radius 1 is 1.24 bits per heavy atom. The zero-order valence-corrected chi connectivity index (χ0v) is 11.2. The van der Waals surface area contributed by atoms with Crippen molar-refractivity contribution in [1.82, 2.24) is 5.32 Å². The molecule has 0 radical (unpaired) electrons. The Morgan fingerprint density at radius 3 is 2.65 bits per heavy atom. The molecule has 0 fully saturated rings. The van der Waals surface area contributed by atoms with Gasteiger partial charge in [0.15, 0.2) is 0 Å². The molecule has 0 amide bonds. The normalized spacial score (nSPS) is 12.7. The number of nitrogens with one attached hydrogen (secondary N) is 1. The number of hydrogen-bond acceptors (Lipinski definition) is 1. The van der Waals surface area contributed by atoms with Crippen LogP contribution < -0.4 is 5.32 Å². The van der Waals surface area contributed by atoms with Crippen LogP contribution in [-0.2, 0) is 0 Å². The van der Waals surface area contributed by atoms with E-state index in [1.807, 2.05) is 26.1 Å². The lowest BCUT2D eigenvalue weighted by atomic mass is 9.98. The molecule has 96 valence electrons. The summed E-state index contributed by atoms with van der Waals surface area (Å²) in [5.41, 5.74) is 1.93. The van der Waals surface area contributed by atoms with Gasteiger partial charge in [-0.25, -0.2) is 4.39 Å². The number of hydrogen-bond donors (Lipinski definition) is 1. The third-order valence-corrected chi connectivity index (χ3v) is 3.22. The Labute approximate surface area is 104 Å². The lowest BCUT2D eigenvalue weighted by Gasteiger charge is -2.17. The molecule has 1 unspecified atom stereocenters. The van der Waals surface area contributed by atoms with Crippen LogP contribution in [0, 0.1) is 12.7 Å². The van der Waals surface area contributed by atoms with Gasteiger partial charge in [-0.15, -0.1) is 0 Å². The molecule has 0 bridgehead atoms. The molecular weight excluding hydrogens is 213 g/mol. The van der Waals surface area contributed by atoms with Gasteiger partial charge in [0, 0.05) is 11.6 Å². The smallest absolute Gasteiger partial charge is 0.127 e. The van der Waals surface area contributed by atoms with Crippen LogP contribution in [0.15, 0.2) is 18.2 Å². The van der Waals surface area contributed by atoms with Gasteiger partial charge in [0.1, 0.15) is 5.82 Å². The van der Waals surface area contributed by atoms with Crippen molar-refractivity contribution in [1.29, 1.82) is 0 Å². The van der Waals surface area contributed by atoms with Crippen molar-refractivity contribution in [2.75, 3.05) is 7.05 Å². The molecule has 1 nitrogen and oxygen atoms in total. The fourth-order valence-electron chi connectivity index (χ4n) is 2.16. The summed E-state index contributed by atoms with van der Waals surface area (Å²) in [4.78, 5) is 0. The van der Waals surface area contributed by atoms with Gasteiger partial charge in [-0.2, -0.15) is 0 Å².